The molecule has 5 heteroatoms. The van der Waals surface area contributed by atoms with Crippen LogP contribution in [-0.2, 0) is 10.8 Å². The minimum atomic E-state index is -0.0664. The van der Waals surface area contributed by atoms with Gasteiger partial charge in [-0.1, -0.05) is 102 Å². The Balaban J connectivity index is 1.26. The van der Waals surface area contributed by atoms with Crippen LogP contribution in [0.3, 0.4) is 0 Å². The summed E-state index contributed by atoms with van der Waals surface area (Å²) in [4.78, 5) is 0. The van der Waals surface area contributed by atoms with Crippen LogP contribution in [0.4, 0.5) is 0 Å². The smallest absolute Gasteiger partial charge is 0.333 e. The van der Waals surface area contributed by atoms with Crippen LogP contribution in [0.5, 0.6) is 11.5 Å². The van der Waals surface area contributed by atoms with Crippen molar-refractivity contribution in [1.29, 1.82) is 0 Å². The van der Waals surface area contributed by atoms with Crippen molar-refractivity contribution in [3.8, 4) is 50.6 Å². The minimum absolute atomic E-state index is 0.0664. The van der Waals surface area contributed by atoms with E-state index in [1.54, 1.807) is 14.2 Å². The lowest BCUT2D eigenvalue weighted by Gasteiger charge is -2.34. The molecule has 0 unspecified atom stereocenters. The van der Waals surface area contributed by atoms with Crippen molar-refractivity contribution in [1.82, 2.24) is 9.05 Å². The third kappa shape index (κ3) is 4.89. The summed E-state index contributed by atoms with van der Waals surface area (Å²) in [5.41, 5.74) is 20.3. The van der Waals surface area contributed by atoms with Gasteiger partial charge in [0.15, 0.2) is 0 Å². The van der Waals surface area contributed by atoms with Crippen molar-refractivity contribution in [3.63, 3.8) is 0 Å². The van der Waals surface area contributed by atoms with E-state index in [9.17, 15) is 0 Å². The number of methoxy groups -OCH3 is 2. The van der Waals surface area contributed by atoms with Crippen LogP contribution >= 0.6 is 0 Å². The summed E-state index contributed by atoms with van der Waals surface area (Å²) in [6.07, 6.45) is 0. The van der Waals surface area contributed by atoms with Crippen molar-refractivity contribution in [2.45, 2.75) is 59.3 Å². The normalized spacial score (nSPS) is 13.2. The van der Waals surface area contributed by atoms with Crippen molar-refractivity contribution < 1.29 is 9.47 Å². The first-order valence-electron chi connectivity index (χ1n) is 20.5. The molecular weight excluding hydrogens is 707 g/mol. The van der Waals surface area contributed by atoms with E-state index in [0.717, 1.165) is 16.9 Å². The molecule has 11 rings (SSSR count). The van der Waals surface area contributed by atoms with Crippen LogP contribution in [0.25, 0.3) is 82.7 Å². The zero-order valence-corrected chi connectivity index (χ0v) is 34.8. The summed E-state index contributed by atoms with van der Waals surface area (Å²) in [7, 11) is 3.52. The highest BCUT2D eigenvalue weighted by molar-refractivity contribution is 6.90. The molecule has 0 N–H and O–H groups in total. The molecule has 4 nitrogen and oxygen atoms in total. The summed E-state index contributed by atoms with van der Waals surface area (Å²) in [6, 6.07) is 46.2. The summed E-state index contributed by atoms with van der Waals surface area (Å²) >= 11 is 0. The zero-order valence-electron chi connectivity index (χ0n) is 34.8. The number of ether oxygens (including phenoxy) is 2. The maximum absolute atomic E-state index is 6.10. The fraction of sp³-hybridized carbons (Fsp3) is 0.208. The Labute approximate surface area is 340 Å². The second-order valence-electron chi connectivity index (χ2n) is 18.7. The first-order chi connectivity index (χ1) is 27.8. The number of rotatable bonds is 4. The van der Waals surface area contributed by atoms with Crippen molar-refractivity contribution in [2.75, 3.05) is 14.2 Å². The van der Waals surface area contributed by atoms with Crippen LogP contribution in [0, 0.1) is 6.92 Å². The maximum Gasteiger partial charge on any atom is 0.333 e. The molecule has 2 aliphatic heterocycles. The standard InChI is InChI=1S/C53H47BN2O2/c1-30-22-41-43-26-34(32-12-17-36(18-13-32)53(5,6)7)25-42-39-24-33(31-10-15-35(16-11-31)52(2,3)4)14-20-47(39)56(50(42)43)54-45-29-38(58-9)28-44-40-27-37(57-8)19-21-46(40)55(51(44)45)48(23-30)49(41)54/h10-29H,1-9H3. The summed E-state index contributed by atoms with van der Waals surface area (Å²) in [5, 5.41) is 4.87. The molecule has 9 aromatic rings. The van der Waals surface area contributed by atoms with Crippen LogP contribution in [-0.4, -0.2) is 30.1 Å². The Morgan fingerprint density at radius 3 is 1.71 bits per heavy atom. The second kappa shape index (κ2) is 11.9. The van der Waals surface area contributed by atoms with Gasteiger partial charge in [-0.3, -0.25) is 0 Å². The molecule has 0 aliphatic carbocycles. The van der Waals surface area contributed by atoms with Gasteiger partial charge in [-0.2, -0.15) is 0 Å². The average Bonchev–Trinajstić information content (AvgIpc) is 3.72. The predicted octanol–water partition coefficient (Wildman–Crippen LogP) is 12.1. The van der Waals surface area contributed by atoms with Gasteiger partial charge in [-0.15, -0.1) is 0 Å². The van der Waals surface area contributed by atoms with Gasteiger partial charge in [0.05, 0.1) is 25.3 Å². The van der Waals surface area contributed by atoms with Crippen LogP contribution in [0.2, 0.25) is 0 Å². The van der Waals surface area contributed by atoms with Crippen LogP contribution < -0.4 is 20.4 Å². The number of aromatic nitrogens is 2. The molecule has 0 saturated heterocycles. The van der Waals surface area contributed by atoms with Crippen molar-refractivity contribution in [3.05, 3.63) is 138 Å². The predicted molar refractivity (Wildman–Crippen MR) is 246 cm³/mol. The van der Waals surface area contributed by atoms with Gasteiger partial charge >= 0.3 is 6.85 Å². The average molecular weight is 755 g/mol. The third-order valence-electron chi connectivity index (χ3n) is 13.0. The van der Waals surface area contributed by atoms with E-state index in [1.807, 2.05) is 0 Å². The highest BCUT2D eigenvalue weighted by Gasteiger charge is 2.42. The van der Waals surface area contributed by atoms with Gasteiger partial charge in [0, 0.05) is 43.8 Å². The van der Waals surface area contributed by atoms with Gasteiger partial charge < -0.3 is 18.5 Å². The molecule has 0 spiro atoms. The number of hydrogen-bond acceptors (Lipinski definition) is 2. The molecule has 0 amide bonds. The zero-order chi connectivity index (χ0) is 40.0. The molecular formula is C53H47BN2O2. The Kier molecular flexibility index (Phi) is 7.20. The van der Waals surface area contributed by atoms with Crippen molar-refractivity contribution >= 4 is 61.4 Å². The molecule has 284 valence electrons. The third-order valence-corrected chi connectivity index (χ3v) is 13.0. The molecule has 0 bridgehead atoms. The summed E-state index contributed by atoms with van der Waals surface area (Å²) in [5.74, 6) is 1.70. The number of nitrogens with zero attached hydrogens (tertiary/aromatic N) is 2. The molecule has 7 aromatic carbocycles. The van der Waals surface area contributed by atoms with E-state index >= 15 is 0 Å². The lowest BCUT2D eigenvalue weighted by molar-refractivity contribution is 0.415. The highest BCUT2D eigenvalue weighted by Crippen LogP contribution is 2.47. The number of benzene rings is 7. The molecule has 0 radical (unpaired) electrons. The van der Waals surface area contributed by atoms with Gasteiger partial charge in [-0.05, 0) is 134 Å². The van der Waals surface area contributed by atoms with E-state index in [1.165, 1.54) is 105 Å². The molecule has 0 fully saturated rings. The van der Waals surface area contributed by atoms with Crippen LogP contribution in [0.15, 0.2) is 121 Å². The lowest BCUT2D eigenvalue weighted by atomic mass is 9.45. The Hall–Kier alpha value is -6.20. The van der Waals surface area contributed by atoms with Gasteiger partial charge in [0.2, 0.25) is 0 Å². The SMILES string of the molecule is COc1ccc2c(c1)c1cc(OC)cc3c1n2-c1cc(C)cc2c1B3n1c3ccc(-c4ccc(C(C)(C)C)cc4)cc3c3cc(-c4ccc(C(C)(C)C)cc4)cc-2c31. The lowest BCUT2D eigenvalue weighted by Crippen LogP contribution is -2.55. The van der Waals surface area contributed by atoms with E-state index in [2.05, 4.69) is 179 Å². The van der Waals surface area contributed by atoms with Crippen LogP contribution in [0.1, 0.15) is 58.2 Å². The number of aryl methyl sites for hydroxylation is 1. The highest BCUT2D eigenvalue weighted by atomic mass is 16.5. The monoisotopic (exact) mass is 754 g/mol. The topological polar surface area (TPSA) is 28.3 Å². The summed E-state index contributed by atoms with van der Waals surface area (Å²) < 4.78 is 17.0. The molecule has 0 saturated carbocycles. The minimum Gasteiger partial charge on any atom is -0.497 e. The first-order valence-corrected chi connectivity index (χ1v) is 20.5. The first kappa shape index (κ1) is 35.0. The fourth-order valence-corrected chi connectivity index (χ4v) is 10.1. The molecule has 4 heterocycles. The van der Waals surface area contributed by atoms with E-state index < -0.39 is 0 Å². The molecule has 2 aromatic heterocycles. The number of fused-ring (bicyclic) bond motifs is 10. The molecule has 58 heavy (non-hydrogen) atoms. The summed E-state index contributed by atoms with van der Waals surface area (Å²) in [6.45, 7) is 15.9. The largest absolute Gasteiger partial charge is 0.497 e. The van der Waals surface area contributed by atoms with Gasteiger partial charge in [0.25, 0.3) is 0 Å². The number of hydrogen-bond donors (Lipinski definition) is 0. The van der Waals surface area contributed by atoms with Gasteiger partial charge in [0.1, 0.15) is 11.5 Å². The van der Waals surface area contributed by atoms with E-state index in [0.29, 0.717) is 0 Å². The Morgan fingerprint density at radius 2 is 1.05 bits per heavy atom. The fourth-order valence-electron chi connectivity index (χ4n) is 10.1. The van der Waals surface area contributed by atoms with Gasteiger partial charge in [-0.25, -0.2) is 0 Å². The Morgan fingerprint density at radius 1 is 0.483 bits per heavy atom. The molecule has 0 atom stereocenters. The molecule has 2 aliphatic rings. The second-order valence-corrected chi connectivity index (χ2v) is 18.7. The maximum atomic E-state index is 6.10. The Bertz CT molecular complexity index is 3210. The van der Waals surface area contributed by atoms with E-state index in [-0.39, 0.29) is 17.7 Å². The quantitative estimate of drug-likeness (QED) is 0.167. The van der Waals surface area contributed by atoms with Crippen molar-refractivity contribution in [2.24, 2.45) is 0 Å². The van der Waals surface area contributed by atoms with E-state index in [4.69, 9.17) is 9.47 Å².